The van der Waals surface area contributed by atoms with E-state index < -0.39 is 9.84 Å². The fourth-order valence-electron chi connectivity index (χ4n) is 2.91. The quantitative estimate of drug-likeness (QED) is 0.739. The van der Waals surface area contributed by atoms with Crippen molar-refractivity contribution in [2.75, 3.05) is 18.1 Å². The lowest BCUT2D eigenvalue weighted by Crippen LogP contribution is -2.24. The van der Waals surface area contributed by atoms with Crippen LogP contribution in [0.4, 0.5) is 4.39 Å². The van der Waals surface area contributed by atoms with Crippen LogP contribution in [0.1, 0.15) is 37.7 Å². The summed E-state index contributed by atoms with van der Waals surface area (Å²) in [5.41, 5.74) is 1.03. The Morgan fingerprint density at radius 3 is 2.61 bits per heavy atom. The van der Waals surface area contributed by atoms with Crippen LogP contribution < -0.4 is 5.32 Å². The van der Waals surface area contributed by atoms with Gasteiger partial charge in [-0.3, -0.25) is 4.79 Å². The average Bonchev–Trinajstić information content (AvgIpc) is 2.85. The maximum absolute atomic E-state index is 12.8. The molecule has 1 heterocycles. The lowest BCUT2D eigenvalue weighted by Gasteiger charge is -2.08. The number of nitrogens with one attached hydrogen (secondary N) is 1. The first kappa shape index (κ1) is 17.9. The Labute approximate surface area is 137 Å². The van der Waals surface area contributed by atoms with E-state index in [2.05, 4.69) is 5.32 Å². The van der Waals surface area contributed by atoms with Gasteiger partial charge in [-0.05, 0) is 55.7 Å². The molecular formula is C17H24FNO3S. The first-order chi connectivity index (χ1) is 10.9. The summed E-state index contributed by atoms with van der Waals surface area (Å²) < 4.78 is 35.5. The molecule has 1 aromatic rings. The van der Waals surface area contributed by atoms with Gasteiger partial charge in [0, 0.05) is 13.0 Å². The topological polar surface area (TPSA) is 63.2 Å². The summed E-state index contributed by atoms with van der Waals surface area (Å²) in [5.74, 6) is 0.648. The molecule has 0 radical (unpaired) electrons. The standard InChI is InChI=1S/C17H24FNO3S/c18-16-8-6-14(7-9-16)3-1-5-17(20)19-11-2-4-15-10-12-23(21,22)13-15/h6-9,15H,1-5,10-13H2,(H,19,20). The third-order valence-electron chi connectivity index (χ3n) is 4.22. The molecule has 1 aromatic carbocycles. The molecule has 0 aliphatic carbocycles. The molecule has 4 nitrogen and oxygen atoms in total. The van der Waals surface area contributed by atoms with Crippen LogP contribution >= 0.6 is 0 Å². The van der Waals surface area contributed by atoms with Gasteiger partial charge in [0.25, 0.3) is 0 Å². The minimum atomic E-state index is -2.80. The van der Waals surface area contributed by atoms with Crippen molar-refractivity contribution in [2.45, 2.75) is 38.5 Å². The second kappa shape index (κ2) is 8.43. The number of carbonyl (C=O) groups excluding carboxylic acids is 1. The molecule has 23 heavy (non-hydrogen) atoms. The Bertz CT molecular complexity index is 613. The Hall–Kier alpha value is -1.43. The smallest absolute Gasteiger partial charge is 0.220 e. The third-order valence-corrected chi connectivity index (χ3v) is 6.06. The van der Waals surface area contributed by atoms with E-state index in [1.165, 1.54) is 12.1 Å². The molecule has 6 heteroatoms. The molecule has 1 amide bonds. The van der Waals surface area contributed by atoms with Crippen molar-refractivity contribution in [2.24, 2.45) is 5.92 Å². The Balaban J connectivity index is 1.52. The van der Waals surface area contributed by atoms with Crippen molar-refractivity contribution in [3.05, 3.63) is 35.6 Å². The molecule has 128 valence electrons. The van der Waals surface area contributed by atoms with E-state index in [4.69, 9.17) is 0 Å². The molecule has 0 aromatic heterocycles. The number of rotatable bonds is 8. The predicted molar refractivity (Wildman–Crippen MR) is 88.3 cm³/mol. The Morgan fingerprint density at radius 2 is 1.96 bits per heavy atom. The van der Waals surface area contributed by atoms with Crippen molar-refractivity contribution in [1.82, 2.24) is 5.32 Å². The van der Waals surface area contributed by atoms with Gasteiger partial charge in [-0.1, -0.05) is 12.1 Å². The summed E-state index contributed by atoms with van der Waals surface area (Å²) in [6, 6.07) is 6.34. The molecule has 1 unspecified atom stereocenters. The van der Waals surface area contributed by atoms with E-state index in [0.29, 0.717) is 24.5 Å². The van der Waals surface area contributed by atoms with Crippen LogP contribution in [0.25, 0.3) is 0 Å². The maximum atomic E-state index is 12.8. The van der Waals surface area contributed by atoms with Crippen LogP contribution in [-0.2, 0) is 21.1 Å². The Kier molecular flexibility index (Phi) is 6.57. The van der Waals surface area contributed by atoms with E-state index in [1.54, 1.807) is 12.1 Å². The molecule has 1 saturated heterocycles. The number of hydrogen-bond acceptors (Lipinski definition) is 3. The first-order valence-corrected chi connectivity index (χ1v) is 9.98. The minimum Gasteiger partial charge on any atom is -0.356 e. The Morgan fingerprint density at radius 1 is 1.22 bits per heavy atom. The zero-order valence-corrected chi connectivity index (χ0v) is 14.1. The number of benzene rings is 1. The minimum absolute atomic E-state index is 0.0196. The highest BCUT2D eigenvalue weighted by molar-refractivity contribution is 7.91. The van der Waals surface area contributed by atoms with Crippen molar-refractivity contribution in [3.63, 3.8) is 0 Å². The van der Waals surface area contributed by atoms with Crippen molar-refractivity contribution < 1.29 is 17.6 Å². The molecule has 1 aliphatic heterocycles. The van der Waals surface area contributed by atoms with Crippen LogP contribution in [0.15, 0.2) is 24.3 Å². The zero-order valence-electron chi connectivity index (χ0n) is 13.3. The van der Waals surface area contributed by atoms with Crippen molar-refractivity contribution in [3.8, 4) is 0 Å². The number of halogens is 1. The van der Waals surface area contributed by atoms with Gasteiger partial charge >= 0.3 is 0 Å². The number of amides is 1. The van der Waals surface area contributed by atoms with Crippen molar-refractivity contribution in [1.29, 1.82) is 0 Å². The number of aryl methyl sites for hydroxylation is 1. The molecule has 1 fully saturated rings. The fraction of sp³-hybridized carbons (Fsp3) is 0.588. The van der Waals surface area contributed by atoms with Crippen molar-refractivity contribution >= 4 is 15.7 Å². The van der Waals surface area contributed by atoms with Crippen LogP contribution in [-0.4, -0.2) is 32.4 Å². The summed E-state index contributed by atoms with van der Waals surface area (Å²) in [6.45, 7) is 0.603. The van der Waals surface area contributed by atoms with Crippen LogP contribution in [0, 0.1) is 11.7 Å². The molecule has 1 N–H and O–H groups in total. The largest absolute Gasteiger partial charge is 0.356 e. The molecule has 0 spiro atoms. The molecule has 2 rings (SSSR count). The van der Waals surface area contributed by atoms with Gasteiger partial charge in [-0.2, -0.15) is 0 Å². The number of carbonyl (C=O) groups is 1. The first-order valence-electron chi connectivity index (χ1n) is 8.16. The summed E-state index contributed by atoms with van der Waals surface area (Å²) in [5, 5.41) is 2.87. The lowest BCUT2D eigenvalue weighted by molar-refractivity contribution is -0.121. The third kappa shape index (κ3) is 6.69. The average molecular weight is 341 g/mol. The highest BCUT2D eigenvalue weighted by Crippen LogP contribution is 2.22. The van der Waals surface area contributed by atoms with E-state index >= 15 is 0 Å². The maximum Gasteiger partial charge on any atom is 0.220 e. The summed E-state index contributed by atoms with van der Waals surface area (Å²) in [4.78, 5) is 11.7. The number of hydrogen-bond donors (Lipinski definition) is 1. The molecule has 1 aliphatic rings. The van der Waals surface area contributed by atoms with Gasteiger partial charge in [0.15, 0.2) is 9.84 Å². The van der Waals surface area contributed by atoms with Gasteiger partial charge < -0.3 is 5.32 Å². The molecule has 1 atom stereocenters. The monoisotopic (exact) mass is 341 g/mol. The SMILES string of the molecule is O=C(CCCc1ccc(F)cc1)NCCCC1CCS(=O)(=O)C1. The van der Waals surface area contributed by atoms with Gasteiger partial charge in [0.2, 0.25) is 5.91 Å². The van der Waals surface area contributed by atoms with E-state index in [1.807, 2.05) is 0 Å². The summed E-state index contributed by atoms with van der Waals surface area (Å²) in [6.07, 6.45) is 4.38. The van der Waals surface area contributed by atoms with Crippen LogP contribution in [0.3, 0.4) is 0 Å². The van der Waals surface area contributed by atoms with Gasteiger partial charge in [-0.15, -0.1) is 0 Å². The lowest BCUT2D eigenvalue weighted by atomic mass is 10.0. The zero-order chi connectivity index (χ0) is 16.7. The normalized spacial score (nSPS) is 19.6. The van der Waals surface area contributed by atoms with E-state index in [-0.39, 0.29) is 17.6 Å². The molecule has 0 saturated carbocycles. The summed E-state index contributed by atoms with van der Waals surface area (Å²) >= 11 is 0. The highest BCUT2D eigenvalue weighted by Gasteiger charge is 2.27. The van der Waals surface area contributed by atoms with Crippen LogP contribution in [0.2, 0.25) is 0 Å². The molecule has 0 bridgehead atoms. The summed E-state index contributed by atoms with van der Waals surface area (Å²) in [7, 11) is -2.80. The van der Waals surface area contributed by atoms with E-state index in [0.717, 1.165) is 37.7 Å². The van der Waals surface area contributed by atoms with E-state index in [9.17, 15) is 17.6 Å². The second-order valence-electron chi connectivity index (χ2n) is 6.24. The molecular weight excluding hydrogens is 317 g/mol. The second-order valence-corrected chi connectivity index (χ2v) is 8.47. The van der Waals surface area contributed by atoms with Gasteiger partial charge in [0.05, 0.1) is 11.5 Å². The van der Waals surface area contributed by atoms with Gasteiger partial charge in [-0.25, -0.2) is 12.8 Å². The predicted octanol–water partition coefficient (Wildman–Crippen LogP) is 2.48. The highest BCUT2D eigenvalue weighted by atomic mass is 32.2. The fourth-order valence-corrected chi connectivity index (χ4v) is 4.82. The van der Waals surface area contributed by atoms with Gasteiger partial charge in [0.1, 0.15) is 5.82 Å². The van der Waals surface area contributed by atoms with Crippen LogP contribution in [0.5, 0.6) is 0 Å². The number of sulfone groups is 1.